The van der Waals surface area contributed by atoms with E-state index in [2.05, 4.69) is 17.3 Å². The van der Waals surface area contributed by atoms with Crippen molar-refractivity contribution in [2.45, 2.75) is 18.9 Å². The Kier molecular flexibility index (Phi) is 5.60. The number of piperidine rings is 1. The largest absolute Gasteiger partial charge is 0.378 e. The van der Waals surface area contributed by atoms with Gasteiger partial charge in [-0.2, -0.15) is 0 Å². The van der Waals surface area contributed by atoms with E-state index >= 15 is 0 Å². The molecule has 0 aromatic heterocycles. The molecule has 0 unspecified atom stereocenters. The van der Waals surface area contributed by atoms with Crippen molar-refractivity contribution in [1.29, 1.82) is 0 Å². The quantitative estimate of drug-likeness (QED) is 0.852. The zero-order chi connectivity index (χ0) is 17.0. The number of carbonyl (C=O) groups excluding carboxylic acids is 2. The van der Waals surface area contributed by atoms with Gasteiger partial charge in [-0.05, 0) is 51.2 Å². The summed E-state index contributed by atoms with van der Waals surface area (Å²) >= 11 is 0. The second kappa shape index (κ2) is 7.46. The van der Waals surface area contributed by atoms with Gasteiger partial charge in [0.25, 0.3) is 0 Å². The van der Waals surface area contributed by atoms with Gasteiger partial charge >= 0.3 is 11.8 Å². The van der Waals surface area contributed by atoms with Crippen LogP contribution in [0.5, 0.6) is 0 Å². The van der Waals surface area contributed by atoms with Gasteiger partial charge in [-0.25, -0.2) is 0 Å². The number of hydrogen-bond donors (Lipinski definition) is 1. The standard InChI is InChI=1S/C17H26N4O2/c1-19(2)15-7-5-6-13(12-15)18-16(22)17(23)21(4)14-8-10-20(3)11-9-14/h5-7,12,14H,8-11H2,1-4H3,(H,18,22). The lowest BCUT2D eigenvalue weighted by Crippen LogP contribution is -2.47. The van der Waals surface area contributed by atoms with Crippen LogP contribution in [0, 0.1) is 0 Å². The van der Waals surface area contributed by atoms with Gasteiger partial charge in [-0.15, -0.1) is 0 Å². The number of likely N-dealkylation sites (tertiary alicyclic amines) is 1. The van der Waals surface area contributed by atoms with Crippen LogP contribution >= 0.6 is 0 Å². The average Bonchev–Trinajstić information content (AvgIpc) is 2.54. The van der Waals surface area contributed by atoms with Gasteiger partial charge in [0.1, 0.15) is 0 Å². The van der Waals surface area contributed by atoms with Gasteiger partial charge in [-0.1, -0.05) is 6.07 Å². The molecule has 1 aliphatic rings. The molecule has 0 aliphatic carbocycles. The van der Waals surface area contributed by atoms with Crippen molar-refractivity contribution in [2.75, 3.05) is 51.5 Å². The third-order valence-electron chi connectivity index (χ3n) is 4.37. The van der Waals surface area contributed by atoms with Crippen molar-refractivity contribution < 1.29 is 9.59 Å². The third-order valence-corrected chi connectivity index (χ3v) is 4.37. The summed E-state index contributed by atoms with van der Waals surface area (Å²) in [5.41, 5.74) is 1.60. The molecule has 1 saturated heterocycles. The van der Waals surface area contributed by atoms with E-state index in [-0.39, 0.29) is 6.04 Å². The van der Waals surface area contributed by atoms with Crippen LogP contribution in [-0.4, -0.2) is 68.9 Å². The molecule has 1 heterocycles. The van der Waals surface area contributed by atoms with Crippen LogP contribution in [0.2, 0.25) is 0 Å². The zero-order valence-electron chi connectivity index (χ0n) is 14.4. The monoisotopic (exact) mass is 318 g/mol. The number of amides is 2. The summed E-state index contributed by atoms with van der Waals surface area (Å²) in [4.78, 5) is 30.3. The highest BCUT2D eigenvalue weighted by Crippen LogP contribution is 2.18. The third kappa shape index (κ3) is 4.45. The summed E-state index contributed by atoms with van der Waals surface area (Å²) < 4.78 is 0. The average molecular weight is 318 g/mol. The number of nitrogens with one attached hydrogen (secondary N) is 1. The first-order chi connectivity index (χ1) is 10.9. The highest BCUT2D eigenvalue weighted by Gasteiger charge is 2.27. The van der Waals surface area contributed by atoms with Crippen molar-refractivity contribution in [3.63, 3.8) is 0 Å². The molecule has 2 amide bonds. The number of benzene rings is 1. The van der Waals surface area contributed by atoms with Crippen LogP contribution < -0.4 is 10.2 Å². The Morgan fingerprint density at radius 1 is 1.17 bits per heavy atom. The van der Waals surface area contributed by atoms with Crippen LogP contribution in [0.4, 0.5) is 11.4 Å². The van der Waals surface area contributed by atoms with Gasteiger partial charge in [-0.3, -0.25) is 9.59 Å². The summed E-state index contributed by atoms with van der Waals surface area (Å²) in [5, 5.41) is 2.70. The maximum Gasteiger partial charge on any atom is 0.313 e. The minimum absolute atomic E-state index is 0.137. The van der Waals surface area contributed by atoms with Gasteiger partial charge in [0.05, 0.1) is 0 Å². The van der Waals surface area contributed by atoms with E-state index < -0.39 is 11.8 Å². The summed E-state index contributed by atoms with van der Waals surface area (Å²) in [6.45, 7) is 1.91. The van der Waals surface area contributed by atoms with E-state index in [0.717, 1.165) is 31.6 Å². The molecular weight excluding hydrogens is 292 g/mol. The van der Waals surface area contributed by atoms with E-state index in [4.69, 9.17) is 0 Å². The molecule has 1 aliphatic heterocycles. The molecular formula is C17H26N4O2. The number of carbonyl (C=O) groups is 2. The maximum absolute atomic E-state index is 12.3. The van der Waals surface area contributed by atoms with E-state index in [1.165, 1.54) is 0 Å². The lowest BCUT2D eigenvalue weighted by molar-refractivity contribution is -0.144. The van der Waals surface area contributed by atoms with Crippen molar-refractivity contribution in [2.24, 2.45) is 0 Å². The Morgan fingerprint density at radius 3 is 2.43 bits per heavy atom. The van der Waals surface area contributed by atoms with Crippen LogP contribution in [0.25, 0.3) is 0 Å². The molecule has 0 atom stereocenters. The van der Waals surface area contributed by atoms with E-state index in [1.54, 1.807) is 18.0 Å². The lowest BCUT2D eigenvalue weighted by atomic mass is 10.0. The molecule has 0 bridgehead atoms. The molecule has 126 valence electrons. The van der Waals surface area contributed by atoms with Crippen molar-refractivity contribution >= 4 is 23.2 Å². The van der Waals surface area contributed by atoms with Crippen molar-refractivity contribution in [1.82, 2.24) is 9.80 Å². The number of rotatable bonds is 3. The van der Waals surface area contributed by atoms with Crippen molar-refractivity contribution in [3.05, 3.63) is 24.3 Å². The Bertz CT molecular complexity index is 565. The summed E-state index contributed by atoms with van der Waals surface area (Å²) in [6, 6.07) is 7.57. The Balaban J connectivity index is 1.97. The summed E-state index contributed by atoms with van der Waals surface area (Å²) in [6.07, 6.45) is 1.81. The van der Waals surface area contributed by atoms with Crippen LogP contribution in [-0.2, 0) is 9.59 Å². The van der Waals surface area contributed by atoms with Crippen LogP contribution in [0.15, 0.2) is 24.3 Å². The van der Waals surface area contributed by atoms with E-state index in [0.29, 0.717) is 5.69 Å². The first-order valence-corrected chi connectivity index (χ1v) is 7.92. The molecule has 0 radical (unpaired) electrons. The normalized spacial score (nSPS) is 16.0. The Morgan fingerprint density at radius 2 is 1.83 bits per heavy atom. The molecule has 0 saturated carbocycles. The first-order valence-electron chi connectivity index (χ1n) is 7.92. The fourth-order valence-corrected chi connectivity index (χ4v) is 2.75. The number of nitrogens with zero attached hydrogens (tertiary/aromatic N) is 3. The molecule has 1 N–H and O–H groups in total. The Labute approximate surface area is 138 Å². The molecule has 1 aromatic carbocycles. The van der Waals surface area contributed by atoms with Crippen LogP contribution in [0.3, 0.4) is 0 Å². The second-order valence-electron chi connectivity index (χ2n) is 6.35. The maximum atomic E-state index is 12.3. The van der Waals surface area contributed by atoms with Gasteiger partial charge in [0.15, 0.2) is 0 Å². The van der Waals surface area contributed by atoms with Gasteiger partial charge in [0.2, 0.25) is 0 Å². The highest BCUT2D eigenvalue weighted by atomic mass is 16.2. The van der Waals surface area contributed by atoms with Gasteiger partial charge < -0.3 is 20.0 Å². The molecule has 6 nitrogen and oxygen atoms in total. The smallest absolute Gasteiger partial charge is 0.313 e. The minimum atomic E-state index is -0.581. The molecule has 6 heteroatoms. The number of likely N-dealkylation sites (N-methyl/N-ethyl adjacent to an activating group) is 1. The lowest BCUT2D eigenvalue weighted by Gasteiger charge is -2.34. The molecule has 23 heavy (non-hydrogen) atoms. The predicted octanol–water partition coefficient (Wildman–Crippen LogP) is 1.24. The fourth-order valence-electron chi connectivity index (χ4n) is 2.75. The van der Waals surface area contributed by atoms with Crippen LogP contribution in [0.1, 0.15) is 12.8 Å². The minimum Gasteiger partial charge on any atom is -0.378 e. The number of hydrogen-bond acceptors (Lipinski definition) is 4. The Hall–Kier alpha value is -2.08. The molecule has 1 fully saturated rings. The van der Waals surface area contributed by atoms with E-state index in [9.17, 15) is 9.59 Å². The van der Waals surface area contributed by atoms with E-state index in [1.807, 2.05) is 37.2 Å². The topological polar surface area (TPSA) is 55.9 Å². The molecule has 1 aromatic rings. The van der Waals surface area contributed by atoms with Crippen molar-refractivity contribution in [3.8, 4) is 0 Å². The highest BCUT2D eigenvalue weighted by molar-refractivity contribution is 6.39. The molecule has 0 spiro atoms. The first kappa shape index (κ1) is 17.3. The SMILES string of the molecule is CN1CCC(N(C)C(=O)C(=O)Nc2cccc(N(C)C)c2)CC1. The molecule has 2 rings (SSSR count). The summed E-state index contributed by atoms with van der Waals surface area (Å²) in [7, 11) is 7.65. The predicted molar refractivity (Wildman–Crippen MR) is 92.7 cm³/mol. The summed E-state index contributed by atoms with van der Waals surface area (Å²) in [5.74, 6) is -1.06. The second-order valence-corrected chi connectivity index (χ2v) is 6.35. The zero-order valence-corrected chi connectivity index (χ0v) is 14.4. The van der Waals surface area contributed by atoms with Gasteiger partial charge in [0, 0.05) is 38.6 Å². The fraction of sp³-hybridized carbons (Fsp3) is 0.529. The number of anilines is 2.